The van der Waals surface area contributed by atoms with Crippen LogP contribution in [0.3, 0.4) is 0 Å². The molecule has 0 fully saturated rings. The van der Waals surface area contributed by atoms with E-state index < -0.39 is 12.0 Å². The zero-order chi connectivity index (χ0) is 10.7. The molecule has 14 heavy (non-hydrogen) atoms. The summed E-state index contributed by atoms with van der Waals surface area (Å²) in [5.74, 6) is -1.00. The summed E-state index contributed by atoms with van der Waals surface area (Å²) < 4.78 is 0. The number of aryl methyl sites for hydroxylation is 2. The molecule has 0 saturated heterocycles. The van der Waals surface area contributed by atoms with Gasteiger partial charge in [0.1, 0.15) is 6.04 Å². The summed E-state index contributed by atoms with van der Waals surface area (Å²) in [5.41, 5.74) is 6.26. The molecule has 1 heterocycles. The fraction of sp³-hybridized carbons (Fsp3) is 0.556. The Morgan fingerprint density at radius 2 is 2.36 bits per heavy atom. The number of rotatable bonds is 4. The van der Waals surface area contributed by atoms with Crippen LogP contribution >= 0.6 is 11.3 Å². The van der Waals surface area contributed by atoms with E-state index in [-0.39, 0.29) is 0 Å². The standard InChI is InChI=1S/C9H14N2O2S/c1-3-4-6-11-5(2)8(14-6)7(10)9(12)13/h7H,3-4,10H2,1-2H3,(H,12,13). The van der Waals surface area contributed by atoms with Crippen molar-refractivity contribution in [2.24, 2.45) is 5.73 Å². The summed E-state index contributed by atoms with van der Waals surface area (Å²) in [6.45, 7) is 3.86. The van der Waals surface area contributed by atoms with Gasteiger partial charge >= 0.3 is 5.97 Å². The number of nitrogens with zero attached hydrogens (tertiary/aromatic N) is 1. The molecule has 3 N–H and O–H groups in total. The monoisotopic (exact) mass is 214 g/mol. The van der Waals surface area contributed by atoms with E-state index in [1.165, 1.54) is 11.3 Å². The van der Waals surface area contributed by atoms with Crippen LogP contribution in [0.25, 0.3) is 0 Å². The van der Waals surface area contributed by atoms with E-state index in [0.29, 0.717) is 4.88 Å². The van der Waals surface area contributed by atoms with Crippen molar-refractivity contribution in [2.45, 2.75) is 32.7 Å². The first kappa shape index (κ1) is 11.1. The molecule has 0 amide bonds. The van der Waals surface area contributed by atoms with E-state index in [0.717, 1.165) is 23.5 Å². The molecule has 0 aromatic carbocycles. The molecule has 4 nitrogen and oxygen atoms in total. The minimum absolute atomic E-state index is 0.668. The molecule has 78 valence electrons. The van der Waals surface area contributed by atoms with E-state index in [9.17, 15) is 4.79 Å². The van der Waals surface area contributed by atoms with E-state index >= 15 is 0 Å². The van der Waals surface area contributed by atoms with Crippen LogP contribution in [0.15, 0.2) is 0 Å². The third-order valence-electron chi connectivity index (χ3n) is 1.89. The van der Waals surface area contributed by atoms with Crippen LogP contribution < -0.4 is 5.73 Å². The average Bonchev–Trinajstić information content (AvgIpc) is 2.46. The Morgan fingerprint density at radius 3 is 2.86 bits per heavy atom. The van der Waals surface area contributed by atoms with Crippen molar-refractivity contribution in [2.75, 3.05) is 0 Å². The molecule has 1 aromatic rings. The summed E-state index contributed by atoms with van der Waals surface area (Å²) in [7, 11) is 0. The highest BCUT2D eigenvalue weighted by Crippen LogP contribution is 2.24. The van der Waals surface area contributed by atoms with Crippen LogP contribution in [0.5, 0.6) is 0 Å². The van der Waals surface area contributed by atoms with Crippen molar-refractivity contribution in [1.82, 2.24) is 4.98 Å². The summed E-state index contributed by atoms with van der Waals surface area (Å²) in [5, 5.41) is 9.72. The highest BCUT2D eigenvalue weighted by Gasteiger charge is 2.20. The number of carboxylic acids is 1. The molecule has 1 aromatic heterocycles. The topological polar surface area (TPSA) is 76.2 Å². The lowest BCUT2D eigenvalue weighted by Gasteiger charge is -2.02. The summed E-state index contributed by atoms with van der Waals surface area (Å²) in [6, 6.07) is -0.932. The van der Waals surface area contributed by atoms with Crippen molar-refractivity contribution >= 4 is 17.3 Å². The molecule has 0 radical (unpaired) electrons. The fourth-order valence-electron chi connectivity index (χ4n) is 1.19. The van der Waals surface area contributed by atoms with Gasteiger partial charge in [-0.1, -0.05) is 6.92 Å². The Bertz CT molecular complexity index is 336. The van der Waals surface area contributed by atoms with E-state index in [1.807, 2.05) is 0 Å². The van der Waals surface area contributed by atoms with Gasteiger partial charge < -0.3 is 10.8 Å². The Morgan fingerprint density at radius 1 is 1.71 bits per heavy atom. The number of carboxylic acid groups (broad SMARTS) is 1. The van der Waals surface area contributed by atoms with E-state index in [4.69, 9.17) is 10.8 Å². The molecule has 1 rings (SSSR count). The SMILES string of the molecule is CCCc1nc(C)c(C(N)C(=O)O)s1. The maximum Gasteiger partial charge on any atom is 0.326 e. The van der Waals surface area contributed by atoms with Crippen LogP contribution in [0.1, 0.15) is 35.0 Å². The van der Waals surface area contributed by atoms with Gasteiger partial charge in [-0.05, 0) is 19.8 Å². The minimum atomic E-state index is -1.00. The van der Waals surface area contributed by atoms with Crippen LogP contribution in [0, 0.1) is 6.92 Å². The Kier molecular flexibility index (Phi) is 3.60. The van der Waals surface area contributed by atoms with Gasteiger partial charge in [-0.2, -0.15) is 0 Å². The van der Waals surface area contributed by atoms with Crippen molar-refractivity contribution in [3.05, 3.63) is 15.6 Å². The Balaban J connectivity index is 2.92. The van der Waals surface area contributed by atoms with Gasteiger partial charge in [-0.25, -0.2) is 4.98 Å². The fourth-order valence-corrected chi connectivity index (χ4v) is 2.35. The number of aliphatic carboxylic acids is 1. The second-order valence-corrected chi connectivity index (χ2v) is 4.24. The summed E-state index contributed by atoms with van der Waals surface area (Å²) >= 11 is 1.40. The first-order valence-corrected chi connectivity index (χ1v) is 5.32. The van der Waals surface area contributed by atoms with Crippen molar-refractivity contribution in [1.29, 1.82) is 0 Å². The second-order valence-electron chi connectivity index (χ2n) is 3.12. The molecule has 0 aliphatic rings. The molecule has 5 heteroatoms. The molecule has 1 atom stereocenters. The first-order valence-electron chi connectivity index (χ1n) is 4.50. The quantitative estimate of drug-likeness (QED) is 0.796. The number of thiazole rings is 1. The van der Waals surface area contributed by atoms with Gasteiger partial charge in [0.05, 0.1) is 15.6 Å². The van der Waals surface area contributed by atoms with Gasteiger partial charge in [0.25, 0.3) is 0 Å². The van der Waals surface area contributed by atoms with Gasteiger partial charge in [0.15, 0.2) is 0 Å². The second kappa shape index (κ2) is 4.52. The molecule has 0 spiro atoms. The number of nitrogens with two attached hydrogens (primary N) is 1. The molecule has 1 unspecified atom stereocenters. The Hall–Kier alpha value is -0.940. The van der Waals surface area contributed by atoms with Crippen molar-refractivity contribution in [3.8, 4) is 0 Å². The van der Waals surface area contributed by atoms with Gasteiger partial charge in [-0.15, -0.1) is 11.3 Å². The van der Waals surface area contributed by atoms with Gasteiger partial charge in [-0.3, -0.25) is 4.79 Å². The Labute approximate surface area is 86.8 Å². The van der Waals surface area contributed by atoms with Crippen LogP contribution in [-0.2, 0) is 11.2 Å². The summed E-state index contributed by atoms with van der Waals surface area (Å²) in [4.78, 5) is 15.6. The normalized spacial score (nSPS) is 12.8. The summed E-state index contributed by atoms with van der Waals surface area (Å²) in [6.07, 6.45) is 1.90. The predicted octanol–water partition coefficient (Wildman–Crippen LogP) is 1.49. The van der Waals surface area contributed by atoms with Crippen LogP contribution in [-0.4, -0.2) is 16.1 Å². The van der Waals surface area contributed by atoms with E-state index in [1.54, 1.807) is 6.92 Å². The van der Waals surface area contributed by atoms with Crippen LogP contribution in [0.4, 0.5) is 0 Å². The third kappa shape index (κ3) is 2.30. The minimum Gasteiger partial charge on any atom is -0.480 e. The molecule has 0 aliphatic heterocycles. The smallest absolute Gasteiger partial charge is 0.326 e. The highest BCUT2D eigenvalue weighted by molar-refractivity contribution is 7.12. The average molecular weight is 214 g/mol. The number of hydrogen-bond donors (Lipinski definition) is 2. The molecule has 0 aliphatic carbocycles. The number of carbonyl (C=O) groups is 1. The van der Waals surface area contributed by atoms with Gasteiger partial charge in [0.2, 0.25) is 0 Å². The first-order chi connectivity index (χ1) is 6.56. The molecule has 0 saturated carbocycles. The van der Waals surface area contributed by atoms with Crippen molar-refractivity contribution in [3.63, 3.8) is 0 Å². The van der Waals surface area contributed by atoms with E-state index in [2.05, 4.69) is 11.9 Å². The lowest BCUT2D eigenvalue weighted by atomic mass is 10.2. The van der Waals surface area contributed by atoms with Crippen LogP contribution in [0.2, 0.25) is 0 Å². The third-order valence-corrected chi connectivity index (χ3v) is 3.19. The highest BCUT2D eigenvalue weighted by atomic mass is 32.1. The lowest BCUT2D eigenvalue weighted by Crippen LogP contribution is -2.20. The molecular weight excluding hydrogens is 200 g/mol. The number of aromatic nitrogens is 1. The zero-order valence-electron chi connectivity index (χ0n) is 8.28. The zero-order valence-corrected chi connectivity index (χ0v) is 9.10. The largest absolute Gasteiger partial charge is 0.480 e. The molecule has 0 bridgehead atoms. The van der Waals surface area contributed by atoms with Gasteiger partial charge in [0, 0.05) is 0 Å². The van der Waals surface area contributed by atoms with Crippen molar-refractivity contribution < 1.29 is 9.90 Å². The maximum absolute atomic E-state index is 10.7. The maximum atomic E-state index is 10.7. The number of hydrogen-bond acceptors (Lipinski definition) is 4. The predicted molar refractivity (Wildman–Crippen MR) is 55.4 cm³/mol. The molecular formula is C9H14N2O2S. The lowest BCUT2D eigenvalue weighted by molar-refractivity contribution is -0.138.